The molecule has 1 amide bonds. The molecule has 0 unspecified atom stereocenters. The van der Waals surface area contributed by atoms with Gasteiger partial charge in [0, 0.05) is 49.6 Å². The van der Waals surface area contributed by atoms with Gasteiger partial charge in [-0.25, -0.2) is 0 Å². The predicted octanol–water partition coefficient (Wildman–Crippen LogP) is 5.07. The second-order valence-electron chi connectivity index (χ2n) is 12.5. The summed E-state index contributed by atoms with van der Waals surface area (Å²) >= 11 is 0. The van der Waals surface area contributed by atoms with Crippen molar-refractivity contribution < 1.29 is 4.79 Å². The smallest absolute Gasteiger partial charge is 0.233 e. The van der Waals surface area contributed by atoms with Gasteiger partial charge in [0.05, 0.1) is 5.41 Å². The van der Waals surface area contributed by atoms with Crippen LogP contribution in [0.4, 0.5) is 11.4 Å². The third-order valence-electron chi connectivity index (χ3n) is 10.4. The molecule has 1 aromatic carbocycles. The Balaban J connectivity index is 1.08. The third kappa shape index (κ3) is 4.52. The van der Waals surface area contributed by atoms with E-state index in [-0.39, 0.29) is 5.41 Å². The molecule has 1 spiro atoms. The monoisotopic (exact) mass is 478 g/mol. The van der Waals surface area contributed by atoms with Gasteiger partial charge in [-0.05, 0) is 115 Å². The number of anilines is 2. The van der Waals surface area contributed by atoms with Crippen molar-refractivity contribution in [2.24, 2.45) is 11.3 Å². The van der Waals surface area contributed by atoms with Crippen molar-refractivity contribution in [1.82, 2.24) is 9.80 Å². The van der Waals surface area contributed by atoms with Crippen LogP contribution < -0.4 is 9.80 Å². The summed E-state index contributed by atoms with van der Waals surface area (Å²) in [5.74, 6) is 1.31. The van der Waals surface area contributed by atoms with Gasteiger partial charge in [0.2, 0.25) is 5.91 Å². The molecule has 5 fully saturated rings. The van der Waals surface area contributed by atoms with Crippen LogP contribution in [-0.2, 0) is 4.79 Å². The average molecular weight is 479 g/mol. The van der Waals surface area contributed by atoms with Crippen molar-refractivity contribution in [2.75, 3.05) is 55.6 Å². The van der Waals surface area contributed by atoms with Gasteiger partial charge in [0.25, 0.3) is 0 Å². The third-order valence-corrected chi connectivity index (χ3v) is 10.4. The summed E-state index contributed by atoms with van der Waals surface area (Å²) in [5.41, 5.74) is 3.63. The van der Waals surface area contributed by atoms with Crippen LogP contribution in [-0.4, -0.2) is 73.6 Å². The Hall–Kier alpha value is -1.59. The summed E-state index contributed by atoms with van der Waals surface area (Å²) in [6.45, 7) is 12.5. The highest BCUT2D eigenvalue weighted by molar-refractivity contribution is 6.00. The molecule has 0 N–H and O–H groups in total. The van der Waals surface area contributed by atoms with Gasteiger partial charge in [0.1, 0.15) is 0 Å². The van der Waals surface area contributed by atoms with Crippen LogP contribution in [0.3, 0.4) is 0 Å². The second-order valence-corrected chi connectivity index (χ2v) is 12.5. The maximum Gasteiger partial charge on any atom is 0.233 e. The Morgan fingerprint density at radius 1 is 0.914 bits per heavy atom. The highest BCUT2D eigenvalue weighted by Gasteiger charge is 2.48. The number of hydrogen-bond donors (Lipinski definition) is 0. The normalized spacial score (nSPS) is 30.4. The predicted molar refractivity (Wildman–Crippen MR) is 144 cm³/mol. The molecule has 1 aliphatic carbocycles. The molecule has 5 nitrogen and oxygen atoms in total. The van der Waals surface area contributed by atoms with E-state index >= 15 is 0 Å². The number of carbonyl (C=O) groups excluding carboxylic acids is 1. The maximum absolute atomic E-state index is 13.7. The first-order valence-corrected chi connectivity index (χ1v) is 14.7. The van der Waals surface area contributed by atoms with Crippen LogP contribution in [0.1, 0.15) is 76.7 Å². The molecular weight excluding hydrogens is 432 g/mol. The number of piperidine rings is 1. The van der Waals surface area contributed by atoms with Crippen molar-refractivity contribution in [3.05, 3.63) is 23.8 Å². The van der Waals surface area contributed by atoms with Crippen LogP contribution in [0, 0.1) is 18.3 Å². The lowest BCUT2D eigenvalue weighted by molar-refractivity contribution is -0.128. The number of rotatable bonds is 5. The van der Waals surface area contributed by atoms with Crippen molar-refractivity contribution >= 4 is 17.3 Å². The number of likely N-dealkylation sites (tertiary alicyclic amines) is 2. The van der Waals surface area contributed by atoms with Crippen molar-refractivity contribution in [3.8, 4) is 0 Å². The van der Waals surface area contributed by atoms with E-state index in [1.165, 1.54) is 69.3 Å². The van der Waals surface area contributed by atoms with E-state index in [1.807, 2.05) is 0 Å². The summed E-state index contributed by atoms with van der Waals surface area (Å²) in [5, 5.41) is 0. The van der Waals surface area contributed by atoms with Crippen LogP contribution in [0.25, 0.3) is 0 Å². The van der Waals surface area contributed by atoms with Gasteiger partial charge in [-0.1, -0.05) is 12.8 Å². The topological polar surface area (TPSA) is 30.0 Å². The molecular formula is C30H46N4O. The molecule has 1 aromatic rings. The number of hydrogen-bond acceptors (Lipinski definition) is 4. The van der Waals surface area contributed by atoms with Gasteiger partial charge in [0.15, 0.2) is 0 Å². The lowest BCUT2D eigenvalue weighted by Gasteiger charge is -2.39. The van der Waals surface area contributed by atoms with Crippen molar-refractivity contribution in [2.45, 2.75) is 90.1 Å². The number of carbonyl (C=O) groups is 1. The zero-order chi connectivity index (χ0) is 24.0. The Morgan fingerprint density at radius 3 is 2.40 bits per heavy atom. The molecule has 4 aliphatic heterocycles. The maximum atomic E-state index is 13.7. The van der Waals surface area contributed by atoms with Gasteiger partial charge >= 0.3 is 0 Å². The number of aryl methyl sites for hydroxylation is 1. The highest BCUT2D eigenvalue weighted by atomic mass is 16.2. The van der Waals surface area contributed by atoms with Crippen molar-refractivity contribution in [1.29, 1.82) is 0 Å². The minimum Gasteiger partial charge on any atom is -0.370 e. The molecule has 5 heteroatoms. The number of benzene rings is 1. The highest BCUT2D eigenvalue weighted by Crippen LogP contribution is 2.44. The molecule has 0 radical (unpaired) electrons. The lowest BCUT2D eigenvalue weighted by atomic mass is 9.77. The molecule has 0 bridgehead atoms. The zero-order valence-electron chi connectivity index (χ0n) is 22.2. The second kappa shape index (κ2) is 9.70. The van der Waals surface area contributed by atoms with E-state index in [4.69, 9.17) is 0 Å². The van der Waals surface area contributed by atoms with Gasteiger partial charge in [-0.15, -0.1) is 0 Å². The van der Waals surface area contributed by atoms with Crippen molar-refractivity contribution in [3.63, 3.8) is 0 Å². The molecule has 5 aliphatic rings. The molecule has 2 atom stereocenters. The Bertz CT molecular complexity index is 917. The average Bonchev–Trinajstić information content (AvgIpc) is 3.66. The number of nitrogens with zero attached hydrogens (tertiary/aromatic N) is 4. The first kappa shape index (κ1) is 23.8. The van der Waals surface area contributed by atoms with Gasteiger partial charge in [-0.2, -0.15) is 0 Å². The van der Waals surface area contributed by atoms with Crippen LogP contribution in [0.5, 0.6) is 0 Å². The van der Waals surface area contributed by atoms with E-state index in [1.54, 1.807) is 0 Å². The summed E-state index contributed by atoms with van der Waals surface area (Å²) in [6.07, 6.45) is 12.8. The summed E-state index contributed by atoms with van der Waals surface area (Å²) in [7, 11) is 0. The summed E-state index contributed by atoms with van der Waals surface area (Å²) in [4.78, 5) is 23.8. The van der Waals surface area contributed by atoms with E-state index in [9.17, 15) is 4.79 Å². The fraction of sp³-hybridized carbons (Fsp3) is 0.767. The molecule has 35 heavy (non-hydrogen) atoms. The lowest BCUT2D eigenvalue weighted by Crippen LogP contribution is -2.45. The summed E-state index contributed by atoms with van der Waals surface area (Å²) < 4.78 is 0. The SMILES string of the molecule is Cc1cc(N2CC[C@@H](N3CCC[C@@H]3C)C2)ccc1N1CCC2(CCN(CC3CCCC3)CC2)C1=O. The fourth-order valence-corrected chi connectivity index (χ4v) is 8.12. The molecule has 6 rings (SSSR count). The molecule has 192 valence electrons. The standard InChI is InChI=1S/C30H46N4O/c1-23-20-26(32-16-11-27(22-32)33-15-5-6-24(33)2)9-10-28(23)34-19-14-30(29(34)35)12-17-31(18-13-30)21-25-7-3-4-8-25/h9-10,20,24-25,27H,3-8,11-19,21-22H2,1-2H3/t24-,27+/m0/s1. The fourth-order valence-electron chi connectivity index (χ4n) is 8.12. The van der Waals surface area contributed by atoms with E-state index in [0.29, 0.717) is 11.9 Å². The Labute approximate surface area is 212 Å². The summed E-state index contributed by atoms with van der Waals surface area (Å²) in [6, 6.07) is 8.30. The minimum atomic E-state index is -0.105. The first-order chi connectivity index (χ1) is 17.0. The molecule has 4 saturated heterocycles. The van der Waals surface area contributed by atoms with E-state index in [2.05, 4.69) is 51.6 Å². The molecule has 0 aromatic heterocycles. The van der Waals surface area contributed by atoms with Gasteiger partial charge < -0.3 is 14.7 Å². The quantitative estimate of drug-likeness (QED) is 0.591. The van der Waals surface area contributed by atoms with Crippen LogP contribution in [0.15, 0.2) is 18.2 Å². The van der Waals surface area contributed by atoms with E-state index < -0.39 is 0 Å². The van der Waals surface area contributed by atoms with Crippen LogP contribution >= 0.6 is 0 Å². The van der Waals surface area contributed by atoms with Gasteiger partial charge in [-0.3, -0.25) is 9.69 Å². The minimum absolute atomic E-state index is 0.105. The van der Waals surface area contributed by atoms with Crippen LogP contribution in [0.2, 0.25) is 0 Å². The molecule has 1 saturated carbocycles. The Kier molecular flexibility index (Phi) is 6.59. The molecule has 4 heterocycles. The van der Waals surface area contributed by atoms with E-state index in [0.717, 1.165) is 69.6 Å². The number of amides is 1. The zero-order valence-corrected chi connectivity index (χ0v) is 22.2. The largest absolute Gasteiger partial charge is 0.370 e. The Morgan fingerprint density at radius 2 is 1.69 bits per heavy atom. The first-order valence-electron chi connectivity index (χ1n) is 14.7.